The fourth-order valence-corrected chi connectivity index (χ4v) is 3.12. The molecule has 1 atom stereocenters. The summed E-state index contributed by atoms with van der Waals surface area (Å²) in [5.74, 6) is -0.943. The molecule has 22 heavy (non-hydrogen) atoms. The predicted molar refractivity (Wildman–Crippen MR) is 89.7 cm³/mol. The molecule has 0 fully saturated rings. The summed E-state index contributed by atoms with van der Waals surface area (Å²) in [7, 11) is 0. The van der Waals surface area contributed by atoms with Gasteiger partial charge in [0.2, 0.25) is 0 Å². The Morgan fingerprint density at radius 2 is 1.68 bits per heavy atom. The zero-order valence-electron chi connectivity index (χ0n) is 11.7. The zero-order valence-corrected chi connectivity index (χ0v) is 13.3. The summed E-state index contributed by atoms with van der Waals surface area (Å²) >= 11 is 7.08. The van der Waals surface area contributed by atoms with Crippen LogP contribution in [0.4, 0.5) is 0 Å². The summed E-state index contributed by atoms with van der Waals surface area (Å²) in [4.78, 5) is 23.2. The molecule has 0 aliphatic heterocycles. The molecule has 1 N–H and O–H groups in total. The van der Waals surface area contributed by atoms with E-state index >= 15 is 0 Å². The van der Waals surface area contributed by atoms with Crippen LogP contribution in [0.3, 0.4) is 0 Å². The van der Waals surface area contributed by atoms with Crippen molar-refractivity contribution in [3.8, 4) is 0 Å². The van der Waals surface area contributed by atoms with E-state index in [4.69, 9.17) is 16.7 Å². The lowest BCUT2D eigenvalue weighted by atomic mass is 10.0. The van der Waals surface area contributed by atoms with Crippen molar-refractivity contribution in [1.82, 2.24) is 0 Å². The molecule has 0 bridgehead atoms. The fraction of sp³-hybridized carbons (Fsp3) is 0.176. The van der Waals surface area contributed by atoms with E-state index in [0.717, 1.165) is 5.56 Å². The number of aliphatic carboxylic acids is 1. The number of carboxylic acids is 1. The van der Waals surface area contributed by atoms with Crippen molar-refractivity contribution in [2.45, 2.75) is 11.7 Å². The monoisotopic (exact) mass is 334 g/mol. The first-order valence-electron chi connectivity index (χ1n) is 6.73. The van der Waals surface area contributed by atoms with E-state index in [1.54, 1.807) is 24.3 Å². The van der Waals surface area contributed by atoms with Gasteiger partial charge in [-0.2, -0.15) is 0 Å². The SMILES string of the molecule is O=C(O)CS[C@@H](CC(=O)c1ccc(Cl)cc1)c1ccccc1. The number of hydrogen-bond donors (Lipinski definition) is 1. The smallest absolute Gasteiger partial charge is 0.313 e. The average molecular weight is 335 g/mol. The van der Waals surface area contributed by atoms with Crippen LogP contribution in [-0.2, 0) is 4.79 Å². The Labute approximate surface area is 138 Å². The molecule has 0 radical (unpaired) electrons. The lowest BCUT2D eigenvalue weighted by Gasteiger charge is -2.15. The number of Topliss-reactive ketones (excluding diaryl/α,β-unsaturated/α-hetero) is 1. The van der Waals surface area contributed by atoms with Crippen molar-refractivity contribution >= 4 is 35.1 Å². The number of carbonyl (C=O) groups is 2. The summed E-state index contributed by atoms with van der Waals surface area (Å²) in [6.07, 6.45) is 0.254. The molecule has 2 aromatic rings. The summed E-state index contributed by atoms with van der Waals surface area (Å²) in [5.41, 5.74) is 1.54. The van der Waals surface area contributed by atoms with Gasteiger partial charge in [-0.15, -0.1) is 11.8 Å². The van der Waals surface area contributed by atoms with Crippen LogP contribution < -0.4 is 0 Å². The van der Waals surface area contributed by atoms with E-state index in [2.05, 4.69) is 0 Å². The Kier molecular flexibility index (Phi) is 6.04. The van der Waals surface area contributed by atoms with Crippen LogP contribution in [0.1, 0.15) is 27.6 Å². The number of benzene rings is 2. The highest BCUT2D eigenvalue weighted by molar-refractivity contribution is 8.00. The van der Waals surface area contributed by atoms with E-state index in [1.807, 2.05) is 30.3 Å². The molecule has 0 aromatic heterocycles. The Morgan fingerprint density at radius 3 is 2.27 bits per heavy atom. The second-order valence-corrected chi connectivity index (χ2v) is 6.37. The number of ketones is 1. The maximum atomic E-state index is 12.4. The number of carboxylic acid groups (broad SMARTS) is 1. The van der Waals surface area contributed by atoms with E-state index < -0.39 is 5.97 Å². The quantitative estimate of drug-likeness (QED) is 0.759. The summed E-state index contributed by atoms with van der Waals surface area (Å²) in [6.45, 7) is 0. The lowest BCUT2D eigenvalue weighted by Crippen LogP contribution is -2.08. The first-order valence-corrected chi connectivity index (χ1v) is 8.16. The largest absolute Gasteiger partial charge is 0.481 e. The summed E-state index contributed by atoms with van der Waals surface area (Å²) in [5, 5.41) is 9.27. The van der Waals surface area contributed by atoms with Crippen LogP contribution in [0.25, 0.3) is 0 Å². The first-order chi connectivity index (χ1) is 10.6. The minimum Gasteiger partial charge on any atom is -0.481 e. The minimum absolute atomic E-state index is 0.0246. The van der Waals surface area contributed by atoms with Gasteiger partial charge in [0.15, 0.2) is 5.78 Å². The van der Waals surface area contributed by atoms with Gasteiger partial charge in [-0.05, 0) is 29.8 Å². The number of hydrogen-bond acceptors (Lipinski definition) is 3. The molecule has 0 aliphatic rings. The highest BCUT2D eigenvalue weighted by atomic mass is 35.5. The molecule has 0 aliphatic carbocycles. The van der Waals surface area contributed by atoms with Gasteiger partial charge in [-0.25, -0.2) is 0 Å². The van der Waals surface area contributed by atoms with Crippen molar-refractivity contribution < 1.29 is 14.7 Å². The van der Waals surface area contributed by atoms with Gasteiger partial charge in [0.1, 0.15) is 0 Å². The van der Waals surface area contributed by atoms with Crippen molar-refractivity contribution in [3.63, 3.8) is 0 Å². The third kappa shape index (κ3) is 4.90. The molecule has 0 spiro atoms. The lowest BCUT2D eigenvalue weighted by molar-refractivity contribution is -0.133. The van der Waals surface area contributed by atoms with Crippen LogP contribution >= 0.6 is 23.4 Å². The molecule has 5 heteroatoms. The summed E-state index contributed by atoms with van der Waals surface area (Å²) < 4.78 is 0. The van der Waals surface area contributed by atoms with Crippen LogP contribution in [0.2, 0.25) is 5.02 Å². The minimum atomic E-state index is -0.884. The second kappa shape index (κ2) is 8.01. The van der Waals surface area contributed by atoms with E-state index in [-0.39, 0.29) is 23.2 Å². The number of rotatable bonds is 7. The normalized spacial score (nSPS) is 11.9. The molecule has 0 saturated heterocycles. The van der Waals surface area contributed by atoms with Gasteiger partial charge in [0.25, 0.3) is 0 Å². The van der Waals surface area contributed by atoms with E-state index in [0.29, 0.717) is 10.6 Å². The van der Waals surface area contributed by atoms with Gasteiger partial charge < -0.3 is 5.11 Å². The van der Waals surface area contributed by atoms with Gasteiger partial charge in [0, 0.05) is 22.3 Å². The molecule has 2 rings (SSSR count). The highest BCUT2D eigenvalue weighted by Gasteiger charge is 2.18. The van der Waals surface area contributed by atoms with E-state index in [9.17, 15) is 9.59 Å². The van der Waals surface area contributed by atoms with Crippen molar-refractivity contribution in [2.24, 2.45) is 0 Å². The zero-order chi connectivity index (χ0) is 15.9. The maximum absolute atomic E-state index is 12.4. The molecular weight excluding hydrogens is 320 g/mol. The Bertz CT molecular complexity index is 641. The average Bonchev–Trinajstić information content (AvgIpc) is 2.52. The Morgan fingerprint density at radius 1 is 1.05 bits per heavy atom. The fourth-order valence-electron chi connectivity index (χ4n) is 2.03. The van der Waals surface area contributed by atoms with Crippen LogP contribution in [0.5, 0.6) is 0 Å². The van der Waals surface area contributed by atoms with Gasteiger partial charge in [-0.3, -0.25) is 9.59 Å². The van der Waals surface area contributed by atoms with Gasteiger partial charge in [0.05, 0.1) is 5.75 Å². The maximum Gasteiger partial charge on any atom is 0.313 e. The number of thioether (sulfide) groups is 1. The number of carbonyl (C=O) groups excluding carboxylic acids is 1. The molecule has 0 saturated carbocycles. The van der Waals surface area contributed by atoms with Gasteiger partial charge >= 0.3 is 5.97 Å². The third-order valence-corrected chi connectivity index (χ3v) is 4.62. The molecule has 0 unspecified atom stereocenters. The molecular formula is C17H15ClO3S. The highest BCUT2D eigenvalue weighted by Crippen LogP contribution is 2.33. The van der Waals surface area contributed by atoms with Crippen LogP contribution in [-0.4, -0.2) is 22.6 Å². The molecule has 3 nitrogen and oxygen atoms in total. The topological polar surface area (TPSA) is 54.4 Å². The first kappa shape index (κ1) is 16.6. The third-order valence-electron chi connectivity index (χ3n) is 3.12. The molecule has 114 valence electrons. The second-order valence-electron chi connectivity index (χ2n) is 4.74. The standard InChI is InChI=1S/C17H15ClO3S/c18-14-8-6-12(7-9-14)15(19)10-16(22-11-17(20)21)13-4-2-1-3-5-13/h1-9,16H,10-11H2,(H,20,21)/t16-/m0/s1. The molecule has 0 heterocycles. The van der Waals surface area contributed by atoms with Crippen molar-refractivity contribution in [1.29, 1.82) is 0 Å². The van der Waals surface area contributed by atoms with Crippen LogP contribution in [0, 0.1) is 0 Å². The van der Waals surface area contributed by atoms with Crippen molar-refractivity contribution in [2.75, 3.05) is 5.75 Å². The predicted octanol–water partition coefficient (Wildman–Crippen LogP) is 4.47. The summed E-state index contributed by atoms with van der Waals surface area (Å²) in [6, 6.07) is 16.2. The molecule has 2 aromatic carbocycles. The Balaban J connectivity index is 2.13. The van der Waals surface area contributed by atoms with Crippen LogP contribution in [0.15, 0.2) is 54.6 Å². The van der Waals surface area contributed by atoms with E-state index in [1.165, 1.54) is 11.8 Å². The Hall–Kier alpha value is -1.78. The van der Waals surface area contributed by atoms with Gasteiger partial charge in [-0.1, -0.05) is 41.9 Å². The van der Waals surface area contributed by atoms with Crippen molar-refractivity contribution in [3.05, 3.63) is 70.7 Å². The number of halogens is 1. The molecule has 0 amide bonds.